The molecule has 1 fully saturated rings. The Morgan fingerprint density at radius 3 is 2.50 bits per heavy atom. The van der Waals surface area contributed by atoms with E-state index in [0.29, 0.717) is 30.6 Å². The molecule has 0 aliphatic carbocycles. The first-order valence-corrected chi connectivity index (χ1v) is 10.3. The fourth-order valence-corrected chi connectivity index (χ4v) is 4.34. The molecule has 2 aromatic rings. The molecule has 3 rings (SSSR count). The second-order valence-corrected chi connectivity index (χ2v) is 9.24. The molecule has 2 aromatic heterocycles. The summed E-state index contributed by atoms with van der Waals surface area (Å²) in [6, 6.07) is 0. The van der Waals surface area contributed by atoms with Crippen LogP contribution in [0.1, 0.15) is 32.4 Å². The van der Waals surface area contributed by atoms with Gasteiger partial charge < -0.3 is 5.32 Å². The average Bonchev–Trinajstić information content (AvgIpc) is 2.63. The van der Waals surface area contributed by atoms with Gasteiger partial charge in [0.25, 0.3) is 0 Å². The number of aromatic nitrogens is 4. The Kier molecular flexibility index (Phi) is 5.77. The van der Waals surface area contributed by atoms with Crippen LogP contribution in [0.5, 0.6) is 0 Å². The SMILES string of the molecule is CC(C)S(=O)(=O)N1CCC(Cc2cncc(Nc3cnccn3)n2)CC1. The third-order valence-electron chi connectivity index (χ3n) is 4.53. The minimum absolute atomic E-state index is 0.367. The van der Waals surface area contributed by atoms with Crippen LogP contribution in [0.2, 0.25) is 0 Å². The van der Waals surface area contributed by atoms with E-state index in [1.54, 1.807) is 49.1 Å². The number of piperidine rings is 1. The monoisotopic (exact) mass is 376 g/mol. The van der Waals surface area contributed by atoms with Crippen molar-refractivity contribution in [2.24, 2.45) is 5.92 Å². The van der Waals surface area contributed by atoms with Gasteiger partial charge in [-0.25, -0.2) is 22.7 Å². The van der Waals surface area contributed by atoms with E-state index in [9.17, 15) is 8.42 Å². The van der Waals surface area contributed by atoms with Crippen molar-refractivity contribution < 1.29 is 8.42 Å². The normalized spacial score (nSPS) is 16.7. The Morgan fingerprint density at radius 2 is 1.85 bits per heavy atom. The van der Waals surface area contributed by atoms with Gasteiger partial charge in [-0.2, -0.15) is 0 Å². The Bertz CT molecular complexity index is 820. The van der Waals surface area contributed by atoms with Crippen LogP contribution in [0.4, 0.5) is 11.6 Å². The zero-order chi connectivity index (χ0) is 18.6. The van der Waals surface area contributed by atoms with Gasteiger partial charge in [-0.1, -0.05) is 0 Å². The third-order valence-corrected chi connectivity index (χ3v) is 6.81. The number of rotatable bonds is 6. The molecule has 9 heteroatoms. The lowest BCUT2D eigenvalue weighted by atomic mass is 9.93. The first kappa shape index (κ1) is 18.7. The van der Waals surface area contributed by atoms with Crippen LogP contribution in [0.3, 0.4) is 0 Å². The summed E-state index contributed by atoms with van der Waals surface area (Å²) in [4.78, 5) is 17.0. The molecule has 1 aliphatic rings. The highest BCUT2D eigenvalue weighted by Crippen LogP contribution is 2.24. The number of hydrogen-bond acceptors (Lipinski definition) is 7. The zero-order valence-electron chi connectivity index (χ0n) is 15.0. The maximum absolute atomic E-state index is 12.3. The Hall–Kier alpha value is -2.13. The standard InChI is InChI=1S/C17H24N6O2S/c1-13(2)26(24,25)23-7-3-14(4-8-23)9-15-10-19-12-17(21-15)22-16-11-18-5-6-20-16/h5-6,10-14H,3-4,7-9H2,1-2H3,(H,20,21,22). The first-order chi connectivity index (χ1) is 12.4. The Labute approximate surface area is 154 Å². The summed E-state index contributed by atoms with van der Waals surface area (Å²) in [6.45, 7) is 4.62. The van der Waals surface area contributed by atoms with Crippen molar-refractivity contribution in [3.8, 4) is 0 Å². The molecule has 8 nitrogen and oxygen atoms in total. The molecule has 0 bridgehead atoms. The number of hydrogen-bond donors (Lipinski definition) is 1. The molecular weight excluding hydrogens is 352 g/mol. The Balaban J connectivity index is 1.58. The van der Waals surface area contributed by atoms with E-state index >= 15 is 0 Å². The fourth-order valence-electron chi connectivity index (χ4n) is 3.02. The highest BCUT2D eigenvalue weighted by atomic mass is 32.2. The summed E-state index contributed by atoms with van der Waals surface area (Å²) >= 11 is 0. The summed E-state index contributed by atoms with van der Waals surface area (Å²) in [6.07, 6.45) is 10.7. The van der Waals surface area contributed by atoms with Crippen molar-refractivity contribution in [1.29, 1.82) is 0 Å². The molecule has 0 radical (unpaired) electrons. The molecule has 0 unspecified atom stereocenters. The minimum Gasteiger partial charge on any atom is -0.322 e. The van der Waals surface area contributed by atoms with Crippen molar-refractivity contribution in [2.45, 2.75) is 38.4 Å². The first-order valence-electron chi connectivity index (χ1n) is 8.78. The van der Waals surface area contributed by atoms with Crippen molar-refractivity contribution in [3.05, 3.63) is 36.7 Å². The predicted octanol–water partition coefficient (Wildman–Crippen LogP) is 2.00. The molecule has 0 atom stereocenters. The lowest BCUT2D eigenvalue weighted by Gasteiger charge is -2.32. The van der Waals surface area contributed by atoms with Crippen molar-refractivity contribution >= 4 is 21.7 Å². The van der Waals surface area contributed by atoms with E-state index in [4.69, 9.17) is 0 Å². The predicted molar refractivity (Wildman–Crippen MR) is 99.4 cm³/mol. The van der Waals surface area contributed by atoms with Crippen LogP contribution in [0.25, 0.3) is 0 Å². The third kappa shape index (κ3) is 4.53. The Morgan fingerprint density at radius 1 is 1.12 bits per heavy atom. The van der Waals surface area contributed by atoms with E-state index in [-0.39, 0.29) is 5.25 Å². The topological polar surface area (TPSA) is 101 Å². The number of sulfonamides is 1. The van der Waals surface area contributed by atoms with Crippen molar-refractivity contribution in [2.75, 3.05) is 18.4 Å². The van der Waals surface area contributed by atoms with Gasteiger partial charge in [0.05, 0.1) is 23.3 Å². The van der Waals surface area contributed by atoms with E-state index in [1.165, 1.54) is 0 Å². The van der Waals surface area contributed by atoms with Gasteiger partial charge in [0.15, 0.2) is 0 Å². The molecule has 1 saturated heterocycles. The second-order valence-electron chi connectivity index (χ2n) is 6.75. The second kappa shape index (κ2) is 8.05. The molecule has 1 N–H and O–H groups in total. The van der Waals surface area contributed by atoms with Gasteiger partial charge in [-0.05, 0) is 39.0 Å². The van der Waals surface area contributed by atoms with E-state index in [2.05, 4.69) is 25.3 Å². The van der Waals surface area contributed by atoms with Crippen molar-refractivity contribution in [3.63, 3.8) is 0 Å². The fraction of sp³-hybridized carbons (Fsp3) is 0.529. The van der Waals surface area contributed by atoms with Gasteiger partial charge in [0.1, 0.15) is 11.6 Å². The van der Waals surface area contributed by atoms with Crippen molar-refractivity contribution in [1.82, 2.24) is 24.2 Å². The van der Waals surface area contributed by atoms with Crippen LogP contribution >= 0.6 is 0 Å². The minimum atomic E-state index is -3.16. The molecule has 26 heavy (non-hydrogen) atoms. The summed E-state index contributed by atoms with van der Waals surface area (Å²) in [5.41, 5.74) is 0.893. The summed E-state index contributed by atoms with van der Waals surface area (Å²) in [5.74, 6) is 1.66. The van der Waals surface area contributed by atoms with Gasteiger partial charge in [-0.3, -0.25) is 9.97 Å². The summed E-state index contributed by atoms with van der Waals surface area (Å²) in [5, 5.41) is 2.72. The van der Waals surface area contributed by atoms with Crippen LogP contribution < -0.4 is 5.32 Å². The highest BCUT2D eigenvalue weighted by molar-refractivity contribution is 7.89. The quantitative estimate of drug-likeness (QED) is 0.823. The number of nitrogens with zero attached hydrogens (tertiary/aromatic N) is 5. The van der Waals surface area contributed by atoms with Crippen LogP contribution in [-0.2, 0) is 16.4 Å². The molecule has 140 valence electrons. The molecule has 1 aliphatic heterocycles. The molecule has 0 saturated carbocycles. The number of anilines is 2. The maximum Gasteiger partial charge on any atom is 0.216 e. The summed E-state index contributed by atoms with van der Waals surface area (Å²) in [7, 11) is -3.16. The molecular formula is C17H24N6O2S. The van der Waals surface area contributed by atoms with E-state index < -0.39 is 10.0 Å². The van der Waals surface area contributed by atoms with Crippen LogP contribution in [-0.4, -0.2) is 51.0 Å². The maximum atomic E-state index is 12.3. The van der Waals surface area contributed by atoms with Gasteiger partial charge in [-0.15, -0.1) is 0 Å². The van der Waals surface area contributed by atoms with Crippen LogP contribution in [0, 0.1) is 5.92 Å². The average molecular weight is 376 g/mol. The highest BCUT2D eigenvalue weighted by Gasteiger charge is 2.30. The number of nitrogens with one attached hydrogen (secondary N) is 1. The smallest absolute Gasteiger partial charge is 0.216 e. The lowest BCUT2D eigenvalue weighted by Crippen LogP contribution is -2.42. The van der Waals surface area contributed by atoms with E-state index in [1.807, 2.05) is 0 Å². The molecule has 0 spiro atoms. The van der Waals surface area contributed by atoms with Gasteiger partial charge in [0, 0.05) is 31.7 Å². The van der Waals surface area contributed by atoms with Gasteiger partial charge in [0.2, 0.25) is 10.0 Å². The molecule has 0 aromatic carbocycles. The molecule has 3 heterocycles. The van der Waals surface area contributed by atoms with Crippen LogP contribution in [0.15, 0.2) is 31.0 Å². The lowest BCUT2D eigenvalue weighted by molar-refractivity contribution is 0.270. The zero-order valence-corrected chi connectivity index (χ0v) is 15.9. The van der Waals surface area contributed by atoms with Gasteiger partial charge >= 0.3 is 0 Å². The van der Waals surface area contributed by atoms with E-state index in [0.717, 1.165) is 25.0 Å². The summed E-state index contributed by atoms with van der Waals surface area (Å²) < 4.78 is 26.1. The molecule has 0 amide bonds. The largest absolute Gasteiger partial charge is 0.322 e.